The van der Waals surface area contributed by atoms with Crippen molar-refractivity contribution in [3.05, 3.63) is 35.4 Å². The molecule has 2 atom stereocenters. The van der Waals surface area contributed by atoms with Crippen molar-refractivity contribution < 1.29 is 19.7 Å². The van der Waals surface area contributed by atoms with Crippen LogP contribution in [-0.4, -0.2) is 36.4 Å². The number of aliphatic hydroxyl groups is 2. The zero-order valence-corrected chi connectivity index (χ0v) is 9.88. The first-order chi connectivity index (χ1) is 8.11. The molecule has 2 unspecified atom stereocenters. The van der Waals surface area contributed by atoms with Crippen LogP contribution in [0.3, 0.4) is 0 Å². The fraction of sp³-hybridized carbons (Fsp3) is 0.417. The fourth-order valence-corrected chi connectivity index (χ4v) is 1.59. The smallest absolute Gasteiger partial charge is 0.337 e. The van der Waals surface area contributed by atoms with Gasteiger partial charge in [-0.05, 0) is 18.2 Å². The Balaban J connectivity index is 2.94. The lowest BCUT2D eigenvalue weighted by atomic mass is 9.98. The van der Waals surface area contributed by atoms with Crippen LogP contribution in [-0.2, 0) is 16.1 Å². The van der Waals surface area contributed by atoms with Gasteiger partial charge in [0.2, 0.25) is 0 Å². The van der Waals surface area contributed by atoms with Gasteiger partial charge in [-0.25, -0.2) is 4.79 Å². The quantitative estimate of drug-likeness (QED) is 0.629. The molecule has 17 heavy (non-hydrogen) atoms. The van der Waals surface area contributed by atoms with Crippen LogP contribution in [0.25, 0.3) is 0 Å². The summed E-state index contributed by atoms with van der Waals surface area (Å²) < 4.78 is 4.39. The van der Waals surface area contributed by atoms with E-state index in [4.69, 9.17) is 0 Å². The molecule has 0 aromatic heterocycles. The Hall–Kier alpha value is -1.43. The van der Waals surface area contributed by atoms with E-state index in [1.807, 2.05) is 12.1 Å². The summed E-state index contributed by atoms with van der Waals surface area (Å²) in [6.45, 7) is 0.543. The summed E-state index contributed by atoms with van der Waals surface area (Å²) in [4.78, 5) is 11.1. The zero-order chi connectivity index (χ0) is 12.8. The number of nitrogens with one attached hydrogen (secondary N) is 1. The van der Waals surface area contributed by atoms with Gasteiger partial charge in [-0.3, -0.25) is 0 Å². The minimum absolute atomic E-state index is 0.514. The van der Waals surface area contributed by atoms with Crippen LogP contribution in [0.15, 0.2) is 24.3 Å². The molecule has 1 rings (SSSR count). The highest BCUT2D eigenvalue weighted by molar-refractivity contribution is 5.75. The maximum Gasteiger partial charge on any atom is 0.337 e. The van der Waals surface area contributed by atoms with Crippen molar-refractivity contribution in [2.75, 3.05) is 14.2 Å². The van der Waals surface area contributed by atoms with Crippen molar-refractivity contribution in [3.8, 4) is 0 Å². The summed E-state index contributed by atoms with van der Waals surface area (Å²) in [6, 6.07) is 7.05. The summed E-state index contributed by atoms with van der Waals surface area (Å²) >= 11 is 0. The summed E-state index contributed by atoms with van der Waals surface area (Å²) in [5.41, 5.74) is 1.34. The molecule has 0 fully saturated rings. The topological polar surface area (TPSA) is 78.8 Å². The summed E-state index contributed by atoms with van der Waals surface area (Å²) in [5, 5.41) is 22.5. The number of methoxy groups -OCH3 is 1. The van der Waals surface area contributed by atoms with E-state index in [2.05, 4.69) is 10.1 Å². The standard InChI is InChI=1S/C12H17NO4/c1-13-7-8-5-3-4-6-9(8)10(14)11(15)12(16)17-2/h3-6,10-11,13-15H,7H2,1-2H3. The highest BCUT2D eigenvalue weighted by Gasteiger charge is 2.27. The van der Waals surface area contributed by atoms with Crippen LogP contribution in [0.4, 0.5) is 0 Å². The van der Waals surface area contributed by atoms with Crippen molar-refractivity contribution in [3.63, 3.8) is 0 Å². The fourth-order valence-electron chi connectivity index (χ4n) is 1.59. The maximum absolute atomic E-state index is 11.1. The highest BCUT2D eigenvalue weighted by atomic mass is 16.5. The molecule has 5 heteroatoms. The Morgan fingerprint density at radius 3 is 2.65 bits per heavy atom. The molecular weight excluding hydrogens is 222 g/mol. The van der Waals surface area contributed by atoms with Crippen molar-refractivity contribution in [2.24, 2.45) is 0 Å². The van der Waals surface area contributed by atoms with E-state index in [1.54, 1.807) is 19.2 Å². The minimum atomic E-state index is -1.57. The highest BCUT2D eigenvalue weighted by Crippen LogP contribution is 2.21. The Kier molecular flexibility index (Phi) is 5.09. The largest absolute Gasteiger partial charge is 0.467 e. The molecule has 0 heterocycles. The first kappa shape index (κ1) is 13.6. The third-order valence-electron chi connectivity index (χ3n) is 2.48. The van der Waals surface area contributed by atoms with Gasteiger partial charge in [-0.2, -0.15) is 0 Å². The molecule has 1 aromatic carbocycles. The molecule has 1 aromatic rings. The van der Waals surface area contributed by atoms with Crippen molar-refractivity contribution in [1.29, 1.82) is 0 Å². The van der Waals surface area contributed by atoms with E-state index in [-0.39, 0.29) is 0 Å². The number of ether oxygens (including phenoxy) is 1. The second-order valence-electron chi connectivity index (χ2n) is 3.64. The number of carbonyl (C=O) groups is 1. The molecule has 0 aliphatic heterocycles. The predicted octanol–water partition coefficient (Wildman–Crippen LogP) is -0.0267. The molecule has 3 N–H and O–H groups in total. The minimum Gasteiger partial charge on any atom is -0.467 e. The Bertz CT molecular complexity index is 381. The lowest BCUT2D eigenvalue weighted by Gasteiger charge is -2.19. The van der Waals surface area contributed by atoms with Crippen LogP contribution in [0.2, 0.25) is 0 Å². The molecule has 0 aliphatic rings. The average molecular weight is 239 g/mol. The van der Waals surface area contributed by atoms with Crippen LogP contribution in [0, 0.1) is 0 Å². The molecule has 94 valence electrons. The Morgan fingerprint density at radius 2 is 2.06 bits per heavy atom. The number of hydrogen-bond donors (Lipinski definition) is 3. The van der Waals surface area contributed by atoms with E-state index in [0.29, 0.717) is 12.1 Å². The third kappa shape index (κ3) is 3.26. The first-order valence-corrected chi connectivity index (χ1v) is 5.28. The molecule has 0 aliphatic carbocycles. The normalized spacial score (nSPS) is 14.1. The van der Waals surface area contributed by atoms with Gasteiger partial charge in [0, 0.05) is 6.54 Å². The van der Waals surface area contributed by atoms with Gasteiger partial charge in [0.15, 0.2) is 6.10 Å². The number of rotatable bonds is 5. The molecule has 5 nitrogen and oxygen atoms in total. The SMILES string of the molecule is CNCc1ccccc1C(O)C(O)C(=O)OC. The first-order valence-electron chi connectivity index (χ1n) is 5.28. The lowest BCUT2D eigenvalue weighted by Crippen LogP contribution is -2.30. The van der Waals surface area contributed by atoms with Crippen LogP contribution in [0.1, 0.15) is 17.2 Å². The second kappa shape index (κ2) is 6.34. The summed E-state index contributed by atoms with van der Waals surface area (Å²) in [6.07, 6.45) is -2.86. The molecule has 0 radical (unpaired) electrons. The van der Waals surface area contributed by atoms with E-state index in [0.717, 1.165) is 12.7 Å². The van der Waals surface area contributed by atoms with Crippen LogP contribution >= 0.6 is 0 Å². The number of esters is 1. The number of aliphatic hydroxyl groups excluding tert-OH is 2. The maximum atomic E-state index is 11.1. The molecule has 0 spiro atoms. The Labute approximate surface area is 100 Å². The van der Waals surface area contributed by atoms with Crippen molar-refractivity contribution in [2.45, 2.75) is 18.8 Å². The number of benzene rings is 1. The molecule has 0 saturated heterocycles. The van der Waals surface area contributed by atoms with E-state index in [9.17, 15) is 15.0 Å². The summed E-state index contributed by atoms with van der Waals surface area (Å²) in [7, 11) is 2.94. The van der Waals surface area contributed by atoms with E-state index in [1.165, 1.54) is 0 Å². The number of carbonyl (C=O) groups excluding carboxylic acids is 1. The van der Waals surface area contributed by atoms with Crippen LogP contribution < -0.4 is 5.32 Å². The third-order valence-corrected chi connectivity index (χ3v) is 2.48. The monoisotopic (exact) mass is 239 g/mol. The van der Waals surface area contributed by atoms with Gasteiger partial charge in [0.25, 0.3) is 0 Å². The van der Waals surface area contributed by atoms with Crippen molar-refractivity contribution in [1.82, 2.24) is 5.32 Å². The van der Waals surface area contributed by atoms with Gasteiger partial charge < -0.3 is 20.3 Å². The predicted molar refractivity (Wildman–Crippen MR) is 62.2 cm³/mol. The second-order valence-corrected chi connectivity index (χ2v) is 3.64. The van der Waals surface area contributed by atoms with E-state index >= 15 is 0 Å². The molecule has 0 bridgehead atoms. The van der Waals surface area contributed by atoms with E-state index < -0.39 is 18.2 Å². The molecular formula is C12H17NO4. The van der Waals surface area contributed by atoms with Crippen LogP contribution in [0.5, 0.6) is 0 Å². The molecule has 0 saturated carbocycles. The zero-order valence-electron chi connectivity index (χ0n) is 9.88. The van der Waals surface area contributed by atoms with Gasteiger partial charge >= 0.3 is 5.97 Å². The van der Waals surface area contributed by atoms with Gasteiger partial charge in [0.1, 0.15) is 6.10 Å². The summed E-state index contributed by atoms with van der Waals surface area (Å²) in [5.74, 6) is -0.850. The van der Waals surface area contributed by atoms with Crippen molar-refractivity contribution >= 4 is 5.97 Å². The molecule has 0 amide bonds. The van der Waals surface area contributed by atoms with Gasteiger partial charge in [-0.15, -0.1) is 0 Å². The number of hydrogen-bond acceptors (Lipinski definition) is 5. The Morgan fingerprint density at radius 1 is 1.41 bits per heavy atom. The van der Waals surface area contributed by atoms with Gasteiger partial charge in [-0.1, -0.05) is 24.3 Å². The average Bonchev–Trinajstić information content (AvgIpc) is 2.37. The van der Waals surface area contributed by atoms with Gasteiger partial charge in [0.05, 0.1) is 7.11 Å². The lowest BCUT2D eigenvalue weighted by molar-refractivity contribution is -0.156.